The lowest BCUT2D eigenvalue weighted by atomic mass is 9.66. The molecule has 0 heterocycles. The molecule has 1 rings (SSSR count). The Morgan fingerprint density at radius 3 is 2.67 bits per heavy atom. The van der Waals surface area contributed by atoms with Gasteiger partial charge in [-0.25, -0.2) is 5.48 Å². The van der Waals surface area contributed by atoms with Crippen LogP contribution in [0.25, 0.3) is 0 Å². The first kappa shape index (κ1) is 9.48. The first-order valence-electron chi connectivity index (χ1n) is 4.24. The average Bonchev–Trinajstić information content (AvgIpc) is 1.97. The Bertz CT molecular complexity index is 161. The summed E-state index contributed by atoms with van der Waals surface area (Å²) in [4.78, 5) is 15.6. The van der Waals surface area contributed by atoms with E-state index in [0.717, 1.165) is 12.8 Å². The van der Waals surface area contributed by atoms with Gasteiger partial charge in [-0.3, -0.25) is 9.63 Å². The number of hydroxylamine groups is 1. The summed E-state index contributed by atoms with van der Waals surface area (Å²) in [6.45, 7) is 0.601. The van der Waals surface area contributed by atoms with Crippen LogP contribution in [0.5, 0.6) is 0 Å². The summed E-state index contributed by atoms with van der Waals surface area (Å²) in [6, 6.07) is 0. The van der Waals surface area contributed by atoms with Crippen LogP contribution in [0.1, 0.15) is 25.7 Å². The van der Waals surface area contributed by atoms with Crippen molar-refractivity contribution in [1.29, 1.82) is 0 Å². The molecule has 0 radical (unpaired) electrons. The van der Waals surface area contributed by atoms with Crippen molar-refractivity contribution < 1.29 is 9.63 Å². The Balaban J connectivity index is 2.32. The van der Waals surface area contributed by atoms with Crippen molar-refractivity contribution in [3.05, 3.63) is 0 Å². The fraction of sp³-hybridized carbons (Fsp3) is 0.875. The number of nitrogens with one attached hydrogen (secondary N) is 1. The van der Waals surface area contributed by atoms with E-state index in [-0.39, 0.29) is 11.3 Å². The van der Waals surface area contributed by atoms with Crippen LogP contribution in [0.2, 0.25) is 0 Å². The molecule has 4 heteroatoms. The van der Waals surface area contributed by atoms with Crippen LogP contribution < -0.4 is 11.2 Å². The normalized spacial score (nSPS) is 19.8. The van der Waals surface area contributed by atoms with Crippen LogP contribution in [0, 0.1) is 5.41 Å². The van der Waals surface area contributed by atoms with Gasteiger partial charge in [-0.15, -0.1) is 0 Å². The molecule has 0 aromatic heterocycles. The van der Waals surface area contributed by atoms with Crippen LogP contribution in [0.15, 0.2) is 0 Å². The smallest absolute Gasteiger partial charge is 0.244 e. The monoisotopic (exact) mass is 172 g/mol. The number of hydrogen-bond donors (Lipinski definition) is 2. The third-order valence-corrected chi connectivity index (χ3v) is 2.60. The highest BCUT2D eigenvalue weighted by molar-refractivity contribution is 5.75. The first-order valence-corrected chi connectivity index (χ1v) is 4.24. The van der Waals surface area contributed by atoms with Crippen LogP contribution in [-0.4, -0.2) is 19.6 Å². The second-order valence-corrected chi connectivity index (χ2v) is 3.46. The predicted molar refractivity (Wildman–Crippen MR) is 45.1 cm³/mol. The fourth-order valence-corrected chi connectivity index (χ4v) is 1.62. The van der Waals surface area contributed by atoms with E-state index in [0.29, 0.717) is 13.0 Å². The highest BCUT2D eigenvalue weighted by atomic mass is 16.6. The Morgan fingerprint density at radius 2 is 2.33 bits per heavy atom. The zero-order valence-electron chi connectivity index (χ0n) is 7.43. The topological polar surface area (TPSA) is 64.3 Å². The van der Waals surface area contributed by atoms with Gasteiger partial charge >= 0.3 is 0 Å². The highest BCUT2D eigenvalue weighted by Gasteiger charge is 2.37. The summed E-state index contributed by atoms with van der Waals surface area (Å²) >= 11 is 0. The van der Waals surface area contributed by atoms with E-state index >= 15 is 0 Å². The second-order valence-electron chi connectivity index (χ2n) is 3.46. The van der Waals surface area contributed by atoms with E-state index in [1.54, 1.807) is 0 Å². The summed E-state index contributed by atoms with van der Waals surface area (Å²) in [6.07, 6.45) is 3.83. The summed E-state index contributed by atoms with van der Waals surface area (Å²) in [5.41, 5.74) is 7.97. The Labute approximate surface area is 72.4 Å². The maximum atomic E-state index is 11.1. The summed E-state index contributed by atoms with van der Waals surface area (Å²) < 4.78 is 0. The molecule has 0 aromatic carbocycles. The van der Waals surface area contributed by atoms with Gasteiger partial charge < -0.3 is 5.73 Å². The molecule has 4 nitrogen and oxygen atoms in total. The van der Waals surface area contributed by atoms with Crippen LogP contribution in [-0.2, 0) is 9.63 Å². The number of nitrogens with two attached hydrogens (primary N) is 1. The molecule has 0 spiro atoms. The molecular weight excluding hydrogens is 156 g/mol. The standard InChI is InChI=1S/C8H16N2O2/c1-12-10-7(11)5-8(6-9)3-2-4-8/h2-6,9H2,1H3,(H,10,11). The highest BCUT2D eigenvalue weighted by Crippen LogP contribution is 2.42. The molecule has 1 saturated carbocycles. The van der Waals surface area contributed by atoms with Crippen molar-refractivity contribution in [3.63, 3.8) is 0 Å². The van der Waals surface area contributed by atoms with Crippen molar-refractivity contribution >= 4 is 5.91 Å². The average molecular weight is 172 g/mol. The Kier molecular flexibility index (Phi) is 3.05. The number of rotatable bonds is 4. The van der Waals surface area contributed by atoms with Crippen LogP contribution in [0.4, 0.5) is 0 Å². The van der Waals surface area contributed by atoms with E-state index in [9.17, 15) is 4.79 Å². The third kappa shape index (κ3) is 1.95. The minimum Gasteiger partial charge on any atom is -0.330 e. The minimum absolute atomic E-state index is 0.0670. The van der Waals surface area contributed by atoms with E-state index in [4.69, 9.17) is 5.73 Å². The van der Waals surface area contributed by atoms with Crippen molar-refractivity contribution in [1.82, 2.24) is 5.48 Å². The molecule has 1 fully saturated rings. The molecular formula is C8H16N2O2. The molecule has 0 aliphatic heterocycles. The van der Waals surface area contributed by atoms with Gasteiger partial charge in [-0.1, -0.05) is 6.42 Å². The predicted octanol–water partition coefficient (Wildman–Crippen LogP) is 0.183. The van der Waals surface area contributed by atoms with Crippen molar-refractivity contribution in [3.8, 4) is 0 Å². The van der Waals surface area contributed by atoms with Gasteiger partial charge in [0.05, 0.1) is 7.11 Å². The lowest BCUT2D eigenvalue weighted by Gasteiger charge is -2.40. The molecule has 0 saturated heterocycles. The Hall–Kier alpha value is -0.610. The summed E-state index contributed by atoms with van der Waals surface area (Å²) in [7, 11) is 1.44. The van der Waals surface area contributed by atoms with Gasteiger partial charge in [-0.2, -0.15) is 0 Å². The summed E-state index contributed by atoms with van der Waals surface area (Å²) in [5, 5.41) is 0. The number of hydrogen-bond acceptors (Lipinski definition) is 3. The molecule has 3 N–H and O–H groups in total. The van der Waals surface area contributed by atoms with E-state index in [1.165, 1.54) is 13.5 Å². The molecule has 0 unspecified atom stereocenters. The molecule has 1 aliphatic rings. The van der Waals surface area contributed by atoms with Gasteiger partial charge in [0.15, 0.2) is 0 Å². The minimum atomic E-state index is -0.0670. The number of carbonyl (C=O) groups excluding carboxylic acids is 1. The van der Waals surface area contributed by atoms with E-state index in [2.05, 4.69) is 10.3 Å². The third-order valence-electron chi connectivity index (χ3n) is 2.60. The van der Waals surface area contributed by atoms with Gasteiger partial charge in [-0.05, 0) is 24.8 Å². The molecule has 12 heavy (non-hydrogen) atoms. The molecule has 1 aliphatic carbocycles. The molecule has 1 amide bonds. The fourth-order valence-electron chi connectivity index (χ4n) is 1.62. The lowest BCUT2D eigenvalue weighted by molar-refractivity contribution is -0.135. The molecule has 70 valence electrons. The van der Waals surface area contributed by atoms with Crippen molar-refractivity contribution in [2.24, 2.45) is 11.1 Å². The lowest BCUT2D eigenvalue weighted by Crippen LogP contribution is -2.41. The van der Waals surface area contributed by atoms with Crippen molar-refractivity contribution in [2.75, 3.05) is 13.7 Å². The quantitative estimate of drug-likeness (QED) is 0.595. The largest absolute Gasteiger partial charge is 0.330 e. The van der Waals surface area contributed by atoms with Crippen LogP contribution >= 0.6 is 0 Å². The van der Waals surface area contributed by atoms with E-state index in [1.807, 2.05) is 0 Å². The van der Waals surface area contributed by atoms with Gasteiger partial charge in [0.1, 0.15) is 0 Å². The van der Waals surface area contributed by atoms with Gasteiger partial charge in [0, 0.05) is 6.42 Å². The van der Waals surface area contributed by atoms with Crippen LogP contribution in [0.3, 0.4) is 0 Å². The second kappa shape index (κ2) is 3.87. The van der Waals surface area contributed by atoms with Gasteiger partial charge in [0.2, 0.25) is 5.91 Å². The van der Waals surface area contributed by atoms with Crippen molar-refractivity contribution in [2.45, 2.75) is 25.7 Å². The summed E-state index contributed by atoms with van der Waals surface area (Å²) in [5.74, 6) is -0.0670. The maximum Gasteiger partial charge on any atom is 0.244 e. The Morgan fingerprint density at radius 1 is 1.67 bits per heavy atom. The van der Waals surface area contributed by atoms with Gasteiger partial charge in [0.25, 0.3) is 0 Å². The number of amides is 1. The number of carbonyl (C=O) groups is 1. The zero-order valence-corrected chi connectivity index (χ0v) is 7.43. The molecule has 0 aromatic rings. The maximum absolute atomic E-state index is 11.1. The molecule has 0 bridgehead atoms. The SMILES string of the molecule is CONC(=O)CC1(CN)CCC1. The molecule has 0 atom stereocenters. The zero-order chi connectivity index (χ0) is 9.03. The first-order chi connectivity index (χ1) is 5.72. The van der Waals surface area contributed by atoms with E-state index < -0.39 is 0 Å².